The number of phenolic OH excluding ortho intramolecular Hbond substituents is 1. The van der Waals surface area contributed by atoms with E-state index in [1.807, 2.05) is 72.8 Å². The number of rotatable bonds is 10. The van der Waals surface area contributed by atoms with Crippen molar-refractivity contribution < 1.29 is 34.0 Å². The molecule has 0 saturated carbocycles. The summed E-state index contributed by atoms with van der Waals surface area (Å²) in [5.41, 5.74) is 1.42. The summed E-state index contributed by atoms with van der Waals surface area (Å²) in [6.45, 7) is 0.393. The van der Waals surface area contributed by atoms with Gasteiger partial charge in [-0.05, 0) is 49.2 Å². The Kier molecular flexibility index (Phi) is 8.60. The van der Waals surface area contributed by atoms with Gasteiger partial charge in [-0.3, -0.25) is 4.79 Å². The van der Waals surface area contributed by atoms with Gasteiger partial charge in [-0.25, -0.2) is 0 Å². The molecule has 0 spiro atoms. The van der Waals surface area contributed by atoms with Crippen LogP contribution < -0.4 is 9.47 Å². The third-order valence-electron chi connectivity index (χ3n) is 5.99. The number of methoxy groups -OCH3 is 1. The maximum atomic E-state index is 10.8. The molecule has 7 nitrogen and oxygen atoms in total. The number of carbonyl (C=O) groups is 1. The number of benzene rings is 3. The van der Waals surface area contributed by atoms with Gasteiger partial charge >= 0.3 is 5.97 Å². The van der Waals surface area contributed by atoms with Crippen molar-refractivity contribution in [1.29, 1.82) is 0 Å². The first-order valence-corrected chi connectivity index (χ1v) is 11.9. The van der Waals surface area contributed by atoms with Crippen LogP contribution in [0, 0.1) is 5.92 Å². The van der Waals surface area contributed by atoms with E-state index in [1.165, 1.54) is 0 Å². The standard InChI is InChI=1S/C29H30O7/c1-33-21-15-17-22(18-16-21)35-26-13-8-6-11-24(26)29-34-19-20(9-3-2-4-14-27(31)32)28(36-29)23-10-5-7-12-25(23)30/h2-3,5-8,10-13,15-18,20,28-30H,4,9,14,19H2,1H3,(H,31,32)/t20-,28+,29+/m1/s1. The molecule has 0 radical (unpaired) electrons. The monoisotopic (exact) mass is 490 g/mol. The van der Waals surface area contributed by atoms with E-state index in [1.54, 1.807) is 19.2 Å². The van der Waals surface area contributed by atoms with E-state index in [4.69, 9.17) is 24.1 Å². The molecule has 1 fully saturated rings. The van der Waals surface area contributed by atoms with E-state index in [2.05, 4.69) is 0 Å². The molecular formula is C29H30O7. The van der Waals surface area contributed by atoms with Gasteiger partial charge < -0.3 is 29.2 Å². The second-order valence-electron chi connectivity index (χ2n) is 8.50. The minimum atomic E-state index is -0.825. The summed E-state index contributed by atoms with van der Waals surface area (Å²) in [7, 11) is 1.61. The van der Waals surface area contributed by atoms with Crippen molar-refractivity contribution in [3.05, 3.63) is 96.1 Å². The largest absolute Gasteiger partial charge is 0.508 e. The van der Waals surface area contributed by atoms with Gasteiger partial charge in [0.1, 0.15) is 23.0 Å². The molecular weight excluding hydrogens is 460 g/mol. The highest BCUT2D eigenvalue weighted by Gasteiger charge is 2.35. The first-order chi connectivity index (χ1) is 17.5. The fraction of sp³-hybridized carbons (Fsp3) is 0.276. The van der Waals surface area contributed by atoms with E-state index >= 15 is 0 Å². The molecule has 0 unspecified atom stereocenters. The highest BCUT2D eigenvalue weighted by Crippen LogP contribution is 2.44. The molecule has 1 aliphatic heterocycles. The van der Waals surface area contributed by atoms with E-state index in [0.29, 0.717) is 36.5 Å². The zero-order valence-corrected chi connectivity index (χ0v) is 20.1. The van der Waals surface area contributed by atoms with Gasteiger partial charge in [0, 0.05) is 17.9 Å². The number of ether oxygens (including phenoxy) is 4. The Morgan fingerprint density at radius 2 is 1.67 bits per heavy atom. The Hall–Kier alpha value is -3.81. The number of hydrogen-bond acceptors (Lipinski definition) is 6. The number of allylic oxidation sites excluding steroid dienone is 2. The predicted molar refractivity (Wildman–Crippen MR) is 134 cm³/mol. The Labute approximate surface area is 210 Å². The Morgan fingerprint density at radius 1 is 0.972 bits per heavy atom. The number of hydrogen-bond donors (Lipinski definition) is 2. The summed E-state index contributed by atoms with van der Waals surface area (Å²) >= 11 is 0. The summed E-state index contributed by atoms with van der Waals surface area (Å²) in [4.78, 5) is 10.8. The number of para-hydroxylation sites is 2. The van der Waals surface area contributed by atoms with E-state index in [9.17, 15) is 9.90 Å². The predicted octanol–water partition coefficient (Wildman–Crippen LogP) is 6.41. The molecule has 7 heteroatoms. The van der Waals surface area contributed by atoms with Crippen LogP contribution in [0.15, 0.2) is 84.9 Å². The van der Waals surface area contributed by atoms with Crippen molar-refractivity contribution in [2.75, 3.05) is 13.7 Å². The molecule has 0 amide bonds. The zero-order chi connectivity index (χ0) is 25.3. The molecule has 1 saturated heterocycles. The van der Waals surface area contributed by atoms with Crippen LogP contribution in [0.4, 0.5) is 0 Å². The lowest BCUT2D eigenvalue weighted by molar-refractivity contribution is -0.244. The molecule has 0 aromatic heterocycles. The van der Waals surface area contributed by atoms with E-state index in [0.717, 1.165) is 11.3 Å². The molecule has 4 rings (SSSR count). The molecule has 2 N–H and O–H groups in total. The fourth-order valence-electron chi connectivity index (χ4n) is 4.13. The zero-order valence-electron chi connectivity index (χ0n) is 20.1. The van der Waals surface area contributed by atoms with Gasteiger partial charge in [0.15, 0.2) is 6.29 Å². The van der Waals surface area contributed by atoms with Crippen molar-refractivity contribution in [3.63, 3.8) is 0 Å². The van der Waals surface area contributed by atoms with Crippen molar-refractivity contribution >= 4 is 5.97 Å². The van der Waals surface area contributed by atoms with Crippen LogP contribution in [0.5, 0.6) is 23.0 Å². The van der Waals surface area contributed by atoms with Crippen molar-refractivity contribution in [2.24, 2.45) is 5.92 Å². The number of phenols is 1. The third kappa shape index (κ3) is 6.44. The Bertz CT molecular complexity index is 1170. The third-order valence-corrected chi connectivity index (χ3v) is 5.99. The molecule has 0 bridgehead atoms. The number of aromatic hydroxyl groups is 1. The van der Waals surface area contributed by atoms with E-state index < -0.39 is 18.4 Å². The lowest BCUT2D eigenvalue weighted by Gasteiger charge is -2.37. The Balaban J connectivity index is 1.54. The van der Waals surface area contributed by atoms with Crippen LogP contribution >= 0.6 is 0 Å². The van der Waals surface area contributed by atoms with Crippen LogP contribution in [0.1, 0.15) is 42.8 Å². The van der Waals surface area contributed by atoms with Crippen LogP contribution in [0.25, 0.3) is 0 Å². The van der Waals surface area contributed by atoms with Crippen molar-refractivity contribution in [2.45, 2.75) is 31.7 Å². The maximum Gasteiger partial charge on any atom is 0.303 e. The lowest BCUT2D eigenvalue weighted by atomic mass is 9.91. The number of aliphatic carboxylic acids is 1. The topological polar surface area (TPSA) is 94.5 Å². The smallest absolute Gasteiger partial charge is 0.303 e. The van der Waals surface area contributed by atoms with Crippen molar-refractivity contribution in [1.82, 2.24) is 0 Å². The maximum absolute atomic E-state index is 10.8. The summed E-state index contributed by atoms with van der Waals surface area (Å²) in [5.74, 6) is 1.27. The molecule has 3 atom stereocenters. The minimum Gasteiger partial charge on any atom is -0.508 e. The Morgan fingerprint density at radius 3 is 2.39 bits per heavy atom. The fourth-order valence-corrected chi connectivity index (χ4v) is 4.13. The molecule has 0 aliphatic carbocycles. The van der Waals surface area contributed by atoms with Gasteiger partial charge in [-0.2, -0.15) is 0 Å². The number of carboxylic acid groups (broad SMARTS) is 1. The summed E-state index contributed by atoms with van der Waals surface area (Å²) in [5, 5.41) is 19.4. The van der Waals surface area contributed by atoms with Crippen LogP contribution in [0.2, 0.25) is 0 Å². The molecule has 1 heterocycles. The van der Waals surface area contributed by atoms with Gasteiger partial charge in [0.2, 0.25) is 0 Å². The molecule has 3 aromatic rings. The molecule has 188 valence electrons. The highest BCUT2D eigenvalue weighted by atomic mass is 16.7. The van der Waals surface area contributed by atoms with Crippen LogP contribution in [-0.2, 0) is 14.3 Å². The second kappa shape index (κ2) is 12.2. The van der Waals surface area contributed by atoms with Gasteiger partial charge in [-0.15, -0.1) is 0 Å². The van der Waals surface area contributed by atoms with Gasteiger partial charge in [0.05, 0.1) is 25.4 Å². The van der Waals surface area contributed by atoms with Gasteiger partial charge in [-0.1, -0.05) is 48.6 Å². The second-order valence-corrected chi connectivity index (χ2v) is 8.50. The molecule has 36 heavy (non-hydrogen) atoms. The highest BCUT2D eigenvalue weighted by molar-refractivity contribution is 5.66. The SMILES string of the molecule is COc1ccc(Oc2ccccc2[C@H]2OC[C@@H](CC=CCCC(=O)O)[C@@H](c3ccccc3O)O2)cc1. The first kappa shape index (κ1) is 25.3. The normalized spacial score (nSPS) is 19.8. The van der Waals surface area contributed by atoms with Crippen LogP contribution in [0.3, 0.4) is 0 Å². The van der Waals surface area contributed by atoms with Gasteiger partial charge in [0.25, 0.3) is 0 Å². The summed E-state index contributed by atoms with van der Waals surface area (Å²) in [6, 6.07) is 22.0. The van der Waals surface area contributed by atoms with Crippen molar-refractivity contribution in [3.8, 4) is 23.0 Å². The lowest BCUT2D eigenvalue weighted by Crippen LogP contribution is -2.30. The molecule has 1 aliphatic rings. The minimum absolute atomic E-state index is 0.0645. The van der Waals surface area contributed by atoms with Crippen LogP contribution in [-0.4, -0.2) is 29.9 Å². The number of carboxylic acids is 1. The first-order valence-electron chi connectivity index (χ1n) is 11.9. The average Bonchev–Trinajstić information content (AvgIpc) is 2.89. The molecule has 3 aromatic carbocycles. The summed E-state index contributed by atoms with van der Waals surface area (Å²) in [6.07, 6.45) is 3.86. The summed E-state index contributed by atoms with van der Waals surface area (Å²) < 4.78 is 24.0. The average molecular weight is 491 g/mol. The van der Waals surface area contributed by atoms with E-state index in [-0.39, 0.29) is 18.1 Å². The quantitative estimate of drug-likeness (QED) is 0.317.